The van der Waals surface area contributed by atoms with Gasteiger partial charge in [-0.3, -0.25) is 23.7 Å². The summed E-state index contributed by atoms with van der Waals surface area (Å²) in [5.41, 5.74) is 2.81. The Hall–Kier alpha value is -4.86. The van der Waals surface area contributed by atoms with Gasteiger partial charge in [-0.05, 0) is 55.7 Å². The fraction of sp³-hybridized carbons (Fsp3) is 0.324. The van der Waals surface area contributed by atoms with Crippen molar-refractivity contribution in [3.8, 4) is 0 Å². The maximum Gasteiger partial charge on any atom is 0.333 e. The molecule has 0 aliphatic carbocycles. The second kappa shape index (κ2) is 13.6. The molecule has 3 heterocycles. The maximum atomic E-state index is 14.4. The molecule has 0 bridgehead atoms. The molecule has 0 fully saturated rings. The number of hydrogen-bond donors (Lipinski definition) is 1. The van der Waals surface area contributed by atoms with Crippen LogP contribution < -0.4 is 16.1 Å². The fourth-order valence-corrected chi connectivity index (χ4v) is 5.15. The third-order valence-corrected chi connectivity index (χ3v) is 7.69. The first-order valence-electron chi connectivity index (χ1n) is 15.1. The van der Waals surface area contributed by atoms with Gasteiger partial charge in [0.05, 0.1) is 12.1 Å². The van der Waals surface area contributed by atoms with Crippen molar-refractivity contribution in [2.45, 2.75) is 66.0 Å². The zero-order valence-corrected chi connectivity index (χ0v) is 25.3. The minimum Gasteiger partial charge on any atom is -0.336 e. The van der Waals surface area contributed by atoms with Crippen LogP contribution in [0.4, 0.5) is 10.1 Å². The van der Waals surface area contributed by atoms with Crippen molar-refractivity contribution in [1.82, 2.24) is 24.1 Å². The number of aromatic nitrogens is 5. The molecule has 1 N–H and O–H groups in total. The van der Waals surface area contributed by atoms with Gasteiger partial charge >= 0.3 is 5.69 Å². The number of imidazole rings is 1. The number of carbonyl (C=O) groups is 1. The summed E-state index contributed by atoms with van der Waals surface area (Å²) >= 11 is 0. The van der Waals surface area contributed by atoms with E-state index in [-0.39, 0.29) is 23.5 Å². The molecule has 0 saturated carbocycles. The van der Waals surface area contributed by atoms with Crippen LogP contribution >= 0.6 is 0 Å². The lowest BCUT2D eigenvalue weighted by Gasteiger charge is -2.23. The molecule has 5 aromatic rings. The Balaban J connectivity index is 1.45. The van der Waals surface area contributed by atoms with Crippen molar-refractivity contribution in [3.05, 3.63) is 122 Å². The molecular weight excluding hydrogens is 559 g/mol. The first-order chi connectivity index (χ1) is 21.3. The van der Waals surface area contributed by atoms with E-state index in [1.807, 2.05) is 44.2 Å². The van der Waals surface area contributed by atoms with E-state index >= 15 is 0 Å². The number of carbonyl (C=O) groups excluding carboxylic acids is 1. The number of nitrogens with zero attached hydrogens (tertiary/aromatic N) is 5. The van der Waals surface area contributed by atoms with Crippen molar-refractivity contribution in [2.75, 3.05) is 11.4 Å². The number of aromatic amines is 1. The van der Waals surface area contributed by atoms with Crippen LogP contribution in [-0.4, -0.2) is 36.5 Å². The van der Waals surface area contributed by atoms with Crippen LogP contribution in [0.3, 0.4) is 0 Å². The zero-order chi connectivity index (χ0) is 31.2. The maximum absolute atomic E-state index is 14.4. The number of rotatable bonds is 12. The number of H-pyrrole nitrogens is 1. The van der Waals surface area contributed by atoms with Gasteiger partial charge in [0, 0.05) is 42.7 Å². The van der Waals surface area contributed by atoms with Gasteiger partial charge in [-0.2, -0.15) is 0 Å². The number of anilines is 1. The summed E-state index contributed by atoms with van der Waals surface area (Å²) in [4.78, 5) is 54.1. The van der Waals surface area contributed by atoms with Crippen LogP contribution in [0.25, 0.3) is 11.2 Å². The quantitative estimate of drug-likeness (QED) is 0.201. The van der Waals surface area contributed by atoms with Crippen LogP contribution in [0.2, 0.25) is 0 Å². The van der Waals surface area contributed by atoms with E-state index in [1.54, 1.807) is 35.4 Å². The number of nitrogens with one attached hydrogen (secondary N) is 1. The molecule has 10 heteroatoms. The lowest BCUT2D eigenvalue weighted by atomic mass is 10.1. The van der Waals surface area contributed by atoms with Crippen molar-refractivity contribution in [1.29, 1.82) is 0 Å². The van der Waals surface area contributed by atoms with Gasteiger partial charge in [0.2, 0.25) is 0 Å². The van der Waals surface area contributed by atoms with Crippen LogP contribution in [0.1, 0.15) is 72.5 Å². The number of benzene rings is 2. The Morgan fingerprint density at radius 1 is 0.955 bits per heavy atom. The van der Waals surface area contributed by atoms with E-state index in [1.165, 1.54) is 10.6 Å². The third kappa shape index (κ3) is 6.54. The van der Waals surface area contributed by atoms with E-state index in [2.05, 4.69) is 21.9 Å². The topological polar surface area (TPSA) is 106 Å². The number of halogens is 1. The van der Waals surface area contributed by atoms with E-state index in [4.69, 9.17) is 0 Å². The molecule has 0 atom stereocenters. The van der Waals surface area contributed by atoms with E-state index < -0.39 is 17.1 Å². The molecule has 0 saturated heterocycles. The number of fused-ring (bicyclic) bond motifs is 1. The highest BCUT2D eigenvalue weighted by molar-refractivity contribution is 6.05. The van der Waals surface area contributed by atoms with Crippen LogP contribution in [-0.2, 0) is 19.5 Å². The van der Waals surface area contributed by atoms with Gasteiger partial charge in [0.15, 0.2) is 5.65 Å². The minimum atomic E-state index is -0.536. The van der Waals surface area contributed by atoms with Gasteiger partial charge in [-0.15, -0.1) is 0 Å². The lowest BCUT2D eigenvalue weighted by molar-refractivity contribution is 0.0986. The molecule has 0 aliphatic heterocycles. The predicted octanol–water partition coefficient (Wildman–Crippen LogP) is 5.61. The molecule has 0 aliphatic rings. The molecule has 1 amide bonds. The van der Waals surface area contributed by atoms with E-state index in [9.17, 15) is 18.8 Å². The molecule has 5 rings (SSSR count). The minimum absolute atomic E-state index is 0.104. The monoisotopic (exact) mass is 596 g/mol. The molecule has 44 heavy (non-hydrogen) atoms. The summed E-state index contributed by atoms with van der Waals surface area (Å²) in [5, 5.41) is 0. The number of unbranched alkanes of at least 4 members (excludes halogenated alkanes) is 2. The SMILES string of the molecule is CCCCN(C(=O)c1ccc(C)nc1)c1ccc(Cc2nc3c([nH]2)c(=O)n(Cc2ccccc2F)c(=O)n3CCCC)cc1. The normalized spacial score (nSPS) is 11.3. The van der Waals surface area contributed by atoms with Crippen molar-refractivity contribution in [3.63, 3.8) is 0 Å². The Labute approximate surface area is 255 Å². The zero-order valence-electron chi connectivity index (χ0n) is 25.3. The molecule has 0 spiro atoms. The highest BCUT2D eigenvalue weighted by Crippen LogP contribution is 2.21. The summed E-state index contributed by atoms with van der Waals surface area (Å²) in [6.45, 7) is 6.79. The average Bonchev–Trinajstić information content (AvgIpc) is 3.45. The molecular formula is C34H37FN6O3. The first-order valence-corrected chi connectivity index (χ1v) is 15.1. The molecule has 2 aromatic carbocycles. The van der Waals surface area contributed by atoms with Crippen LogP contribution in [0.15, 0.2) is 76.4 Å². The standard InChI is InChI=1S/C34H37FN6O3/c1-4-6-18-39(32(42)25-15-12-23(3)36-21-25)27-16-13-24(14-17-27)20-29-37-30-31(38-29)40(19-7-5-2)34(44)41(33(30)43)22-26-10-8-9-11-28(26)35/h8-17,21H,4-7,18-20,22H2,1-3H3,(H,37,38). The fourth-order valence-electron chi connectivity index (χ4n) is 5.15. The van der Waals surface area contributed by atoms with Gasteiger partial charge in [-0.1, -0.05) is 57.0 Å². The molecule has 228 valence electrons. The van der Waals surface area contributed by atoms with Crippen molar-refractivity contribution >= 4 is 22.8 Å². The van der Waals surface area contributed by atoms with Gasteiger partial charge in [-0.25, -0.2) is 14.2 Å². The predicted molar refractivity (Wildman–Crippen MR) is 170 cm³/mol. The van der Waals surface area contributed by atoms with Crippen molar-refractivity contribution < 1.29 is 9.18 Å². The van der Waals surface area contributed by atoms with Crippen molar-refractivity contribution in [2.24, 2.45) is 0 Å². The smallest absolute Gasteiger partial charge is 0.333 e. The summed E-state index contributed by atoms with van der Waals surface area (Å²) in [6, 6.07) is 17.4. The summed E-state index contributed by atoms with van der Waals surface area (Å²) < 4.78 is 17.0. The Bertz CT molecular complexity index is 1870. The number of aryl methyl sites for hydroxylation is 2. The van der Waals surface area contributed by atoms with Gasteiger partial charge in [0.1, 0.15) is 17.2 Å². The molecule has 3 aromatic heterocycles. The lowest BCUT2D eigenvalue weighted by Crippen LogP contribution is -2.40. The third-order valence-electron chi connectivity index (χ3n) is 7.69. The van der Waals surface area contributed by atoms with E-state index in [0.717, 1.165) is 47.2 Å². The molecule has 9 nitrogen and oxygen atoms in total. The highest BCUT2D eigenvalue weighted by Gasteiger charge is 2.20. The Morgan fingerprint density at radius 3 is 2.39 bits per heavy atom. The number of hydrogen-bond acceptors (Lipinski definition) is 5. The summed E-state index contributed by atoms with van der Waals surface area (Å²) in [6.07, 6.45) is 5.38. The summed E-state index contributed by atoms with van der Waals surface area (Å²) in [7, 11) is 0. The number of pyridine rings is 1. The van der Waals surface area contributed by atoms with Gasteiger partial charge in [0.25, 0.3) is 11.5 Å². The second-order valence-electron chi connectivity index (χ2n) is 11.0. The average molecular weight is 597 g/mol. The summed E-state index contributed by atoms with van der Waals surface area (Å²) in [5.74, 6) is -0.0475. The highest BCUT2D eigenvalue weighted by atomic mass is 19.1. The molecule has 0 unspecified atom stereocenters. The Kier molecular flexibility index (Phi) is 9.47. The van der Waals surface area contributed by atoms with Crippen LogP contribution in [0.5, 0.6) is 0 Å². The van der Waals surface area contributed by atoms with Crippen LogP contribution in [0, 0.1) is 12.7 Å². The molecule has 0 radical (unpaired) electrons. The first kappa shape index (κ1) is 30.6. The Morgan fingerprint density at radius 2 is 1.70 bits per heavy atom. The number of amides is 1. The second-order valence-corrected chi connectivity index (χ2v) is 11.0. The van der Waals surface area contributed by atoms with Gasteiger partial charge < -0.3 is 9.88 Å². The largest absolute Gasteiger partial charge is 0.336 e. The van der Waals surface area contributed by atoms with E-state index in [0.29, 0.717) is 36.5 Å².